The van der Waals surface area contributed by atoms with Gasteiger partial charge in [0.1, 0.15) is 0 Å². The number of hydrogen-bond acceptors (Lipinski definition) is 2. The molecule has 0 atom stereocenters. The number of nitrogens with zero attached hydrogens (tertiary/aromatic N) is 2. The van der Waals surface area contributed by atoms with E-state index in [1.807, 2.05) is 48.6 Å². The molecule has 156 valence electrons. The van der Waals surface area contributed by atoms with E-state index in [0.717, 1.165) is 61.0 Å². The predicted molar refractivity (Wildman–Crippen MR) is 136 cm³/mol. The van der Waals surface area contributed by atoms with Gasteiger partial charge >= 0.3 is 0 Å². The van der Waals surface area contributed by atoms with Crippen LogP contribution in [0, 0.1) is 0 Å². The lowest BCUT2D eigenvalue weighted by molar-refractivity contribution is 1.30. The minimum atomic E-state index is 0. The van der Waals surface area contributed by atoms with Gasteiger partial charge in [0.05, 0.1) is 22.8 Å². The predicted octanol–water partition coefficient (Wildman–Crippen LogP) is 7.15. The molecule has 4 nitrogen and oxygen atoms in total. The quantitative estimate of drug-likeness (QED) is 0.276. The molecule has 8 bridgehead atoms. The Morgan fingerprint density at radius 3 is 1.72 bits per heavy atom. The third kappa shape index (κ3) is 3.98. The van der Waals surface area contributed by atoms with Crippen molar-refractivity contribution in [3.8, 4) is 0 Å². The van der Waals surface area contributed by atoms with Gasteiger partial charge in [0, 0.05) is 32.7 Å². The second kappa shape index (κ2) is 8.15. The lowest BCUT2D eigenvalue weighted by Crippen LogP contribution is -1.84. The molecular weight excluding hydrogens is 439 g/mol. The number of hydrogen-bond donors (Lipinski definition) is 2. The van der Waals surface area contributed by atoms with Gasteiger partial charge in [-0.15, -0.1) is 12.4 Å². The van der Waals surface area contributed by atoms with Crippen molar-refractivity contribution in [3.63, 3.8) is 0 Å². The van der Waals surface area contributed by atoms with Gasteiger partial charge in [0.2, 0.25) is 0 Å². The first kappa shape index (κ1) is 20.3. The van der Waals surface area contributed by atoms with Crippen LogP contribution in [0.3, 0.4) is 0 Å². The van der Waals surface area contributed by atoms with E-state index in [-0.39, 0.29) is 12.4 Å². The molecule has 32 heavy (non-hydrogen) atoms. The van der Waals surface area contributed by atoms with Gasteiger partial charge in [-0.3, -0.25) is 0 Å². The van der Waals surface area contributed by atoms with Crippen molar-refractivity contribution in [1.82, 2.24) is 19.9 Å². The van der Waals surface area contributed by atoms with Crippen LogP contribution in [0.1, 0.15) is 28.3 Å². The highest BCUT2D eigenvalue weighted by molar-refractivity contribution is 6.30. The first-order chi connectivity index (χ1) is 15.2. The SMILES string of the molecule is Cl.Clc1ccc(C2=Cc3cc4ccc(cc5nc(cc6ccc(cc2n3)[nH]6)C=C5)[nH]4)cc1. The third-order valence-corrected chi connectivity index (χ3v) is 5.57. The van der Waals surface area contributed by atoms with Crippen LogP contribution in [0.2, 0.25) is 5.02 Å². The Hall–Kier alpha value is -3.60. The fraction of sp³-hybridized carbons (Fsp3) is 0. The summed E-state index contributed by atoms with van der Waals surface area (Å²) in [6.07, 6.45) is 6.15. The first-order valence-electron chi connectivity index (χ1n) is 10.0. The van der Waals surface area contributed by atoms with Crippen LogP contribution >= 0.6 is 24.0 Å². The maximum absolute atomic E-state index is 6.10. The summed E-state index contributed by atoms with van der Waals surface area (Å²) in [5, 5.41) is 0.718. The van der Waals surface area contributed by atoms with Gasteiger partial charge in [-0.25, -0.2) is 9.97 Å². The molecule has 6 heteroatoms. The summed E-state index contributed by atoms with van der Waals surface area (Å²) in [6, 6.07) is 24.3. The summed E-state index contributed by atoms with van der Waals surface area (Å²) in [5.41, 5.74) is 9.75. The maximum Gasteiger partial charge on any atom is 0.0736 e. The van der Waals surface area contributed by atoms with Gasteiger partial charge in [-0.05, 0) is 84.5 Å². The number of aromatic nitrogens is 4. The fourth-order valence-electron chi connectivity index (χ4n) is 3.87. The van der Waals surface area contributed by atoms with Crippen LogP contribution in [0.25, 0.3) is 45.9 Å². The Morgan fingerprint density at radius 2 is 1.12 bits per heavy atom. The van der Waals surface area contributed by atoms with Gasteiger partial charge in [-0.1, -0.05) is 23.7 Å². The molecule has 0 unspecified atom stereocenters. The molecule has 6 rings (SSSR count). The summed E-state index contributed by atoms with van der Waals surface area (Å²) < 4.78 is 0. The van der Waals surface area contributed by atoms with E-state index in [4.69, 9.17) is 16.6 Å². The van der Waals surface area contributed by atoms with E-state index in [9.17, 15) is 0 Å². The molecule has 0 radical (unpaired) electrons. The lowest BCUT2D eigenvalue weighted by Gasteiger charge is -2.02. The van der Waals surface area contributed by atoms with E-state index in [1.54, 1.807) is 0 Å². The first-order valence-corrected chi connectivity index (χ1v) is 10.4. The van der Waals surface area contributed by atoms with E-state index in [1.165, 1.54) is 0 Å². The lowest BCUT2D eigenvalue weighted by atomic mass is 10.0. The van der Waals surface area contributed by atoms with Gasteiger partial charge < -0.3 is 9.97 Å². The molecule has 2 aliphatic rings. The van der Waals surface area contributed by atoms with Crippen LogP contribution in [-0.4, -0.2) is 19.9 Å². The third-order valence-electron chi connectivity index (χ3n) is 5.32. The summed E-state index contributed by atoms with van der Waals surface area (Å²) in [4.78, 5) is 16.5. The molecule has 4 aromatic rings. The summed E-state index contributed by atoms with van der Waals surface area (Å²) in [7, 11) is 0. The molecule has 0 fully saturated rings. The van der Waals surface area contributed by atoms with Crippen LogP contribution in [-0.2, 0) is 0 Å². The molecule has 0 amide bonds. The smallest absolute Gasteiger partial charge is 0.0736 e. The molecule has 0 saturated heterocycles. The van der Waals surface area contributed by atoms with Crippen molar-refractivity contribution in [2.45, 2.75) is 0 Å². The minimum Gasteiger partial charge on any atom is -0.355 e. The molecule has 0 saturated carbocycles. The summed E-state index contributed by atoms with van der Waals surface area (Å²) in [6.45, 7) is 0. The molecule has 1 aromatic carbocycles. The Morgan fingerprint density at radius 1 is 0.594 bits per heavy atom. The number of nitrogens with one attached hydrogen (secondary N) is 2. The Kier molecular flexibility index (Phi) is 5.17. The van der Waals surface area contributed by atoms with E-state index < -0.39 is 0 Å². The van der Waals surface area contributed by atoms with Crippen molar-refractivity contribution >= 4 is 69.9 Å². The number of halogens is 2. The zero-order valence-electron chi connectivity index (χ0n) is 16.8. The molecule has 2 aliphatic heterocycles. The molecule has 5 heterocycles. The van der Waals surface area contributed by atoms with E-state index in [0.29, 0.717) is 0 Å². The maximum atomic E-state index is 6.10. The Balaban J connectivity index is 0.00000216. The van der Waals surface area contributed by atoms with Crippen LogP contribution < -0.4 is 0 Å². The van der Waals surface area contributed by atoms with Crippen molar-refractivity contribution in [2.75, 3.05) is 0 Å². The van der Waals surface area contributed by atoms with E-state index >= 15 is 0 Å². The number of aromatic amines is 2. The van der Waals surface area contributed by atoms with Gasteiger partial charge in [0.15, 0.2) is 0 Å². The second-order valence-corrected chi connectivity index (χ2v) is 8.03. The zero-order chi connectivity index (χ0) is 20.8. The van der Waals surface area contributed by atoms with Crippen LogP contribution in [0.15, 0.2) is 72.8 Å². The topological polar surface area (TPSA) is 57.4 Å². The van der Waals surface area contributed by atoms with Crippen molar-refractivity contribution in [2.24, 2.45) is 0 Å². The van der Waals surface area contributed by atoms with Crippen molar-refractivity contribution in [3.05, 3.63) is 106 Å². The summed E-state index contributed by atoms with van der Waals surface area (Å²) in [5.74, 6) is 0. The van der Waals surface area contributed by atoms with E-state index in [2.05, 4.69) is 57.4 Å². The molecule has 3 aromatic heterocycles. The standard InChI is InChI=1S/C26H17ClN4.ClH/c27-17-3-1-16(2-4-17)25-14-24-13-22-8-7-20(29-22)11-18-5-6-19(28-18)12-21-9-10-23(30-21)15-26(25)31-24;/h1-15,29-30H;1H. The molecular formula is C26H18Cl2N4. The van der Waals surface area contributed by atoms with Crippen LogP contribution in [0.4, 0.5) is 0 Å². The normalized spacial score (nSPS) is 12.3. The largest absolute Gasteiger partial charge is 0.355 e. The fourth-order valence-corrected chi connectivity index (χ4v) is 4.00. The zero-order valence-corrected chi connectivity index (χ0v) is 18.4. The van der Waals surface area contributed by atoms with Gasteiger partial charge in [-0.2, -0.15) is 0 Å². The number of benzene rings is 1. The molecule has 0 aliphatic carbocycles. The average Bonchev–Trinajstić information content (AvgIpc) is 3.54. The highest BCUT2D eigenvalue weighted by Crippen LogP contribution is 2.29. The monoisotopic (exact) mass is 456 g/mol. The van der Waals surface area contributed by atoms with Crippen LogP contribution in [0.5, 0.6) is 0 Å². The highest BCUT2D eigenvalue weighted by atomic mass is 35.5. The highest BCUT2D eigenvalue weighted by Gasteiger charge is 2.12. The minimum absolute atomic E-state index is 0. The average molecular weight is 457 g/mol. The van der Waals surface area contributed by atoms with Crippen molar-refractivity contribution in [1.29, 1.82) is 0 Å². The molecule has 2 N–H and O–H groups in total. The number of H-pyrrole nitrogens is 2. The Labute approximate surface area is 195 Å². The number of rotatable bonds is 1. The van der Waals surface area contributed by atoms with Crippen molar-refractivity contribution < 1.29 is 0 Å². The Bertz CT molecular complexity index is 1540. The molecule has 0 spiro atoms. The number of fused-ring (bicyclic) bond motifs is 8. The van der Waals surface area contributed by atoms with Gasteiger partial charge in [0.25, 0.3) is 0 Å². The summed E-state index contributed by atoms with van der Waals surface area (Å²) >= 11 is 6.10. The second-order valence-electron chi connectivity index (χ2n) is 7.60.